The maximum Gasteiger partial charge on any atom is 0.408 e. The summed E-state index contributed by atoms with van der Waals surface area (Å²) in [6.45, 7) is 5.01. The van der Waals surface area contributed by atoms with Crippen molar-refractivity contribution in [1.82, 2.24) is 15.1 Å². The third kappa shape index (κ3) is 4.45. The van der Waals surface area contributed by atoms with E-state index in [4.69, 9.17) is 9.84 Å². The van der Waals surface area contributed by atoms with Crippen molar-refractivity contribution in [2.24, 2.45) is 7.05 Å². The van der Waals surface area contributed by atoms with Crippen molar-refractivity contribution in [3.63, 3.8) is 0 Å². The van der Waals surface area contributed by atoms with E-state index in [0.29, 0.717) is 0 Å². The Bertz CT molecular complexity index is 552. The van der Waals surface area contributed by atoms with E-state index >= 15 is 0 Å². The number of carbonyl (C=O) groups is 2. The van der Waals surface area contributed by atoms with Crippen LogP contribution in [0, 0.1) is 0 Å². The van der Waals surface area contributed by atoms with Crippen molar-refractivity contribution < 1.29 is 19.4 Å². The predicted molar refractivity (Wildman–Crippen MR) is 70.5 cm³/mol. The average molecular weight is 285 g/mol. The van der Waals surface area contributed by atoms with E-state index in [1.54, 1.807) is 20.8 Å². The molecule has 1 amide bonds. The molecule has 8 heteroatoms. The van der Waals surface area contributed by atoms with E-state index in [1.165, 1.54) is 17.9 Å². The molecular weight excluding hydrogens is 266 g/mol. The minimum Gasteiger partial charge on any atom is -0.480 e. The summed E-state index contributed by atoms with van der Waals surface area (Å²) in [6.07, 6.45) is 0.456. The van der Waals surface area contributed by atoms with Crippen LogP contribution >= 0.6 is 0 Å². The Kier molecular flexibility index (Phi) is 4.59. The lowest BCUT2D eigenvalue weighted by atomic mass is 10.1. The Morgan fingerprint density at radius 3 is 2.50 bits per heavy atom. The molecule has 20 heavy (non-hydrogen) atoms. The SMILES string of the molecule is Cn1[nH]cc(CC(NC(=O)OC(C)(C)C)C(=O)O)c1=O. The number of aromatic amines is 1. The zero-order chi connectivity index (χ0) is 15.5. The van der Waals surface area contributed by atoms with E-state index in [9.17, 15) is 14.4 Å². The maximum atomic E-state index is 11.6. The standard InChI is InChI=1S/C12H19N3O5/c1-12(2,3)20-11(19)14-8(10(17)18)5-7-6-13-15(4)9(7)16/h6,8,13H,5H2,1-4H3,(H,14,19)(H,17,18). The summed E-state index contributed by atoms with van der Waals surface area (Å²) in [5.41, 5.74) is -0.782. The van der Waals surface area contributed by atoms with Gasteiger partial charge >= 0.3 is 12.1 Å². The van der Waals surface area contributed by atoms with Gasteiger partial charge in [0.05, 0.1) is 0 Å². The fraction of sp³-hybridized carbons (Fsp3) is 0.583. The number of carboxylic acid groups (broad SMARTS) is 1. The summed E-state index contributed by atoms with van der Waals surface area (Å²) in [5.74, 6) is -1.24. The van der Waals surface area contributed by atoms with Gasteiger partial charge in [-0.15, -0.1) is 0 Å². The molecule has 0 fully saturated rings. The van der Waals surface area contributed by atoms with Crippen LogP contribution in [-0.2, 0) is 23.0 Å². The molecule has 0 aliphatic heterocycles. The lowest BCUT2D eigenvalue weighted by Gasteiger charge is -2.21. The van der Waals surface area contributed by atoms with E-state index in [2.05, 4.69) is 10.4 Å². The van der Waals surface area contributed by atoms with Gasteiger partial charge in [-0.25, -0.2) is 9.59 Å². The molecule has 0 aromatic carbocycles. The van der Waals surface area contributed by atoms with Gasteiger partial charge in [0, 0.05) is 25.2 Å². The second-order valence-corrected chi connectivity index (χ2v) is 5.40. The molecular formula is C12H19N3O5. The summed E-state index contributed by atoms with van der Waals surface area (Å²) >= 11 is 0. The first-order valence-corrected chi connectivity index (χ1v) is 6.06. The number of nitrogens with one attached hydrogen (secondary N) is 2. The molecule has 3 N–H and O–H groups in total. The molecule has 0 bridgehead atoms. The number of hydrogen-bond acceptors (Lipinski definition) is 4. The second kappa shape index (κ2) is 5.81. The Hall–Kier alpha value is -2.25. The zero-order valence-electron chi connectivity index (χ0n) is 11.9. The summed E-state index contributed by atoms with van der Waals surface area (Å²) < 4.78 is 6.21. The van der Waals surface area contributed by atoms with E-state index in [0.717, 1.165) is 0 Å². The van der Waals surface area contributed by atoms with Crippen molar-refractivity contribution in [1.29, 1.82) is 0 Å². The molecule has 0 saturated carbocycles. The minimum absolute atomic E-state index is 0.120. The van der Waals surface area contributed by atoms with Crippen molar-refractivity contribution in [3.8, 4) is 0 Å². The van der Waals surface area contributed by atoms with Crippen LogP contribution in [0.25, 0.3) is 0 Å². The molecule has 0 aliphatic rings. The molecule has 1 rings (SSSR count). The highest BCUT2D eigenvalue weighted by Crippen LogP contribution is 2.07. The normalized spacial score (nSPS) is 12.8. The highest BCUT2D eigenvalue weighted by molar-refractivity contribution is 5.80. The van der Waals surface area contributed by atoms with E-state index in [1.807, 2.05) is 0 Å². The molecule has 1 aromatic heterocycles. The van der Waals surface area contributed by atoms with Crippen LogP contribution in [0.5, 0.6) is 0 Å². The quantitative estimate of drug-likeness (QED) is 0.733. The van der Waals surface area contributed by atoms with E-state index in [-0.39, 0.29) is 17.5 Å². The van der Waals surface area contributed by atoms with Gasteiger partial charge in [-0.05, 0) is 20.8 Å². The molecule has 1 heterocycles. The molecule has 1 aromatic rings. The molecule has 0 spiro atoms. The molecule has 8 nitrogen and oxygen atoms in total. The summed E-state index contributed by atoms with van der Waals surface area (Å²) in [7, 11) is 1.52. The first-order valence-electron chi connectivity index (χ1n) is 6.06. The fourth-order valence-electron chi connectivity index (χ4n) is 1.53. The van der Waals surface area contributed by atoms with Gasteiger partial charge < -0.3 is 20.3 Å². The van der Waals surface area contributed by atoms with Crippen LogP contribution in [-0.4, -0.2) is 38.6 Å². The number of hydrogen-bond donors (Lipinski definition) is 3. The number of amides is 1. The second-order valence-electron chi connectivity index (χ2n) is 5.40. The molecule has 112 valence electrons. The summed E-state index contributed by atoms with van der Waals surface area (Å²) in [6, 6.07) is -1.23. The number of aromatic nitrogens is 2. The topological polar surface area (TPSA) is 113 Å². The lowest BCUT2D eigenvalue weighted by molar-refractivity contribution is -0.139. The van der Waals surface area contributed by atoms with Gasteiger partial charge in [0.1, 0.15) is 11.6 Å². The Labute approximate surface area is 115 Å². The van der Waals surface area contributed by atoms with Crippen LogP contribution in [0.2, 0.25) is 0 Å². The van der Waals surface area contributed by atoms with Gasteiger partial charge in [-0.3, -0.25) is 9.48 Å². The van der Waals surface area contributed by atoms with Crippen LogP contribution in [0.3, 0.4) is 0 Å². The van der Waals surface area contributed by atoms with Gasteiger partial charge in [-0.1, -0.05) is 0 Å². The number of aliphatic carboxylic acids is 1. The number of rotatable bonds is 4. The summed E-state index contributed by atoms with van der Waals surface area (Å²) in [5, 5.41) is 14.0. The maximum absolute atomic E-state index is 11.6. The first-order chi connectivity index (χ1) is 9.10. The Morgan fingerprint density at radius 2 is 2.10 bits per heavy atom. The van der Waals surface area contributed by atoms with Crippen molar-refractivity contribution in [2.45, 2.75) is 38.8 Å². The molecule has 0 aliphatic carbocycles. The largest absolute Gasteiger partial charge is 0.480 e. The number of aryl methyl sites for hydroxylation is 1. The average Bonchev–Trinajstić information content (AvgIpc) is 2.57. The van der Waals surface area contributed by atoms with Crippen LogP contribution < -0.4 is 10.9 Å². The molecule has 0 radical (unpaired) electrons. The monoisotopic (exact) mass is 285 g/mol. The molecule has 0 saturated heterocycles. The summed E-state index contributed by atoms with van der Waals surface area (Å²) in [4.78, 5) is 34.3. The lowest BCUT2D eigenvalue weighted by Crippen LogP contribution is -2.45. The highest BCUT2D eigenvalue weighted by Gasteiger charge is 2.25. The minimum atomic E-state index is -1.24. The van der Waals surface area contributed by atoms with Crippen molar-refractivity contribution in [3.05, 3.63) is 22.1 Å². The highest BCUT2D eigenvalue weighted by atomic mass is 16.6. The number of carbonyl (C=O) groups excluding carboxylic acids is 1. The van der Waals surface area contributed by atoms with Crippen LogP contribution in [0.15, 0.2) is 11.0 Å². The fourth-order valence-corrected chi connectivity index (χ4v) is 1.53. The van der Waals surface area contributed by atoms with Gasteiger partial charge in [-0.2, -0.15) is 0 Å². The van der Waals surface area contributed by atoms with E-state index < -0.39 is 23.7 Å². The third-order valence-electron chi connectivity index (χ3n) is 2.42. The van der Waals surface area contributed by atoms with Crippen molar-refractivity contribution >= 4 is 12.1 Å². The Morgan fingerprint density at radius 1 is 1.50 bits per heavy atom. The first kappa shape index (κ1) is 15.8. The van der Waals surface area contributed by atoms with Crippen LogP contribution in [0.4, 0.5) is 4.79 Å². The molecule has 1 unspecified atom stereocenters. The molecule has 1 atom stereocenters. The van der Waals surface area contributed by atoms with Gasteiger partial charge in [0.2, 0.25) is 0 Å². The predicted octanol–water partition coefficient (Wildman–Crippen LogP) is 0.234. The van der Waals surface area contributed by atoms with Crippen molar-refractivity contribution in [2.75, 3.05) is 0 Å². The number of alkyl carbamates (subject to hydrolysis) is 1. The van der Waals surface area contributed by atoms with Gasteiger partial charge in [0.15, 0.2) is 0 Å². The number of nitrogens with zero attached hydrogens (tertiary/aromatic N) is 1. The smallest absolute Gasteiger partial charge is 0.408 e. The number of carboxylic acids is 1. The zero-order valence-corrected chi connectivity index (χ0v) is 11.9. The Balaban J connectivity index is 2.76. The third-order valence-corrected chi connectivity index (χ3v) is 2.42. The number of H-pyrrole nitrogens is 1. The van der Waals surface area contributed by atoms with Gasteiger partial charge in [0.25, 0.3) is 5.56 Å². The van der Waals surface area contributed by atoms with Crippen LogP contribution in [0.1, 0.15) is 26.3 Å². The number of ether oxygens (including phenoxy) is 1.